The minimum atomic E-state index is -4.49. The first-order chi connectivity index (χ1) is 10.4. The Morgan fingerprint density at radius 2 is 2.00 bits per heavy atom. The summed E-state index contributed by atoms with van der Waals surface area (Å²) in [6.45, 7) is 1.62. The highest BCUT2D eigenvalue weighted by molar-refractivity contribution is 5.79. The molecule has 2 aromatic heterocycles. The van der Waals surface area contributed by atoms with Crippen LogP contribution in [0, 0.1) is 6.92 Å². The highest BCUT2D eigenvalue weighted by atomic mass is 19.4. The van der Waals surface area contributed by atoms with E-state index in [1.54, 1.807) is 18.2 Å². The number of benzene rings is 1. The molecule has 0 amide bonds. The van der Waals surface area contributed by atoms with E-state index in [2.05, 4.69) is 4.98 Å². The third-order valence-corrected chi connectivity index (χ3v) is 3.17. The number of aromatic nitrogens is 1. The number of halogens is 3. The van der Waals surface area contributed by atoms with Gasteiger partial charge in [0.15, 0.2) is 5.69 Å². The van der Waals surface area contributed by atoms with E-state index in [0.717, 1.165) is 17.3 Å². The summed E-state index contributed by atoms with van der Waals surface area (Å²) in [5.41, 5.74) is -0.212. The topological polar surface area (TPSA) is 35.3 Å². The first-order valence-electron chi connectivity index (χ1n) is 6.57. The van der Waals surface area contributed by atoms with E-state index in [1.807, 2.05) is 13.0 Å². The van der Waals surface area contributed by atoms with Crippen molar-refractivity contribution < 1.29 is 22.3 Å². The Hall–Kier alpha value is -2.50. The molecule has 0 aliphatic carbocycles. The van der Waals surface area contributed by atoms with Gasteiger partial charge < -0.3 is 9.15 Å². The van der Waals surface area contributed by atoms with E-state index in [4.69, 9.17) is 9.15 Å². The zero-order chi connectivity index (χ0) is 15.7. The molecule has 114 valence electrons. The van der Waals surface area contributed by atoms with Crippen molar-refractivity contribution in [3.05, 3.63) is 59.6 Å². The van der Waals surface area contributed by atoms with E-state index < -0.39 is 11.9 Å². The van der Waals surface area contributed by atoms with E-state index in [-0.39, 0.29) is 12.2 Å². The lowest BCUT2D eigenvalue weighted by molar-refractivity contribution is -0.142. The normalized spacial score (nSPS) is 11.8. The lowest BCUT2D eigenvalue weighted by Gasteiger charge is -2.12. The van der Waals surface area contributed by atoms with Crippen LogP contribution in [0.2, 0.25) is 0 Å². The summed E-state index contributed by atoms with van der Waals surface area (Å²) in [5.74, 6) is 1.24. The maximum absolute atomic E-state index is 12.9. The molecule has 6 heteroatoms. The number of alkyl halides is 3. The van der Waals surface area contributed by atoms with Crippen molar-refractivity contribution in [3.8, 4) is 5.75 Å². The second-order valence-corrected chi connectivity index (χ2v) is 4.85. The van der Waals surface area contributed by atoms with Crippen molar-refractivity contribution >= 4 is 11.0 Å². The fourth-order valence-corrected chi connectivity index (χ4v) is 2.22. The zero-order valence-electron chi connectivity index (χ0n) is 11.6. The van der Waals surface area contributed by atoms with Crippen LogP contribution in [0.15, 0.2) is 47.0 Å². The van der Waals surface area contributed by atoms with Crippen LogP contribution in [0.5, 0.6) is 5.75 Å². The van der Waals surface area contributed by atoms with Crippen LogP contribution in [0.3, 0.4) is 0 Å². The van der Waals surface area contributed by atoms with Crippen LogP contribution in [0.25, 0.3) is 11.0 Å². The molecule has 0 radical (unpaired) electrons. The van der Waals surface area contributed by atoms with Gasteiger partial charge in [-0.15, -0.1) is 0 Å². The van der Waals surface area contributed by atoms with Gasteiger partial charge in [-0.1, -0.05) is 6.07 Å². The van der Waals surface area contributed by atoms with Gasteiger partial charge in [-0.2, -0.15) is 13.2 Å². The van der Waals surface area contributed by atoms with Gasteiger partial charge in [0.1, 0.15) is 23.7 Å². The molecule has 3 rings (SSSR count). The molecule has 3 aromatic rings. The van der Waals surface area contributed by atoms with E-state index in [0.29, 0.717) is 11.3 Å². The van der Waals surface area contributed by atoms with Crippen LogP contribution >= 0.6 is 0 Å². The minimum Gasteiger partial charge on any atom is -0.489 e. The molecule has 22 heavy (non-hydrogen) atoms. The summed E-state index contributed by atoms with van der Waals surface area (Å²) in [6.07, 6.45) is -3.38. The average molecular weight is 307 g/mol. The number of hydrogen-bond donors (Lipinski definition) is 0. The summed E-state index contributed by atoms with van der Waals surface area (Å²) in [6, 6.07) is 9.77. The molecule has 0 unspecified atom stereocenters. The Morgan fingerprint density at radius 3 is 2.77 bits per heavy atom. The van der Waals surface area contributed by atoms with Gasteiger partial charge >= 0.3 is 6.18 Å². The SMILES string of the molecule is Cc1cc2cc(OCc3cccnc3C(F)(F)F)ccc2o1. The second kappa shape index (κ2) is 5.36. The van der Waals surface area contributed by atoms with Crippen molar-refractivity contribution in [2.24, 2.45) is 0 Å². The summed E-state index contributed by atoms with van der Waals surface area (Å²) in [4.78, 5) is 3.40. The van der Waals surface area contributed by atoms with Gasteiger partial charge in [0.25, 0.3) is 0 Å². The molecule has 2 heterocycles. The first kappa shape index (κ1) is 14.4. The molecular formula is C16H12F3NO2. The summed E-state index contributed by atoms with van der Waals surface area (Å²) in [7, 11) is 0. The van der Waals surface area contributed by atoms with Crippen molar-refractivity contribution in [1.29, 1.82) is 0 Å². The maximum atomic E-state index is 12.9. The number of hydrogen-bond acceptors (Lipinski definition) is 3. The quantitative estimate of drug-likeness (QED) is 0.701. The Bertz CT molecular complexity index is 809. The molecule has 0 aliphatic heterocycles. The monoisotopic (exact) mass is 307 g/mol. The minimum absolute atomic E-state index is 0.00142. The number of furan rings is 1. The average Bonchev–Trinajstić information content (AvgIpc) is 2.83. The molecule has 3 nitrogen and oxygen atoms in total. The van der Waals surface area contributed by atoms with E-state index >= 15 is 0 Å². The molecule has 0 atom stereocenters. The summed E-state index contributed by atoms with van der Waals surface area (Å²) < 4.78 is 49.5. The third kappa shape index (κ3) is 2.90. The van der Waals surface area contributed by atoms with Crippen molar-refractivity contribution in [2.45, 2.75) is 19.7 Å². The van der Waals surface area contributed by atoms with Crippen LogP contribution in [-0.4, -0.2) is 4.98 Å². The molecule has 0 bridgehead atoms. The molecule has 0 saturated carbocycles. The molecule has 0 saturated heterocycles. The molecule has 0 N–H and O–H groups in total. The predicted octanol–water partition coefficient (Wildman–Crippen LogP) is 4.73. The molecule has 0 aliphatic rings. The van der Waals surface area contributed by atoms with Crippen LogP contribution in [0.4, 0.5) is 13.2 Å². The summed E-state index contributed by atoms with van der Waals surface area (Å²) >= 11 is 0. The largest absolute Gasteiger partial charge is 0.489 e. The van der Waals surface area contributed by atoms with Gasteiger partial charge in [-0.05, 0) is 37.3 Å². The van der Waals surface area contributed by atoms with Gasteiger partial charge in [-0.25, -0.2) is 0 Å². The van der Waals surface area contributed by atoms with Crippen LogP contribution in [-0.2, 0) is 12.8 Å². The predicted molar refractivity (Wildman–Crippen MR) is 74.5 cm³/mol. The number of pyridine rings is 1. The Morgan fingerprint density at radius 1 is 1.18 bits per heavy atom. The van der Waals surface area contributed by atoms with Gasteiger partial charge in [0, 0.05) is 17.1 Å². The summed E-state index contributed by atoms with van der Waals surface area (Å²) in [5, 5.41) is 0.845. The Balaban J connectivity index is 1.82. The third-order valence-electron chi connectivity index (χ3n) is 3.17. The second-order valence-electron chi connectivity index (χ2n) is 4.85. The van der Waals surface area contributed by atoms with Crippen molar-refractivity contribution in [3.63, 3.8) is 0 Å². The number of aryl methyl sites for hydroxylation is 1. The number of nitrogens with zero attached hydrogens (tertiary/aromatic N) is 1. The molecule has 1 aromatic carbocycles. The highest BCUT2D eigenvalue weighted by Gasteiger charge is 2.35. The Kier molecular flexibility index (Phi) is 3.52. The smallest absolute Gasteiger partial charge is 0.433 e. The lowest BCUT2D eigenvalue weighted by atomic mass is 10.2. The number of fused-ring (bicyclic) bond motifs is 1. The number of rotatable bonds is 3. The van der Waals surface area contributed by atoms with E-state index in [1.165, 1.54) is 12.1 Å². The van der Waals surface area contributed by atoms with Gasteiger partial charge in [0.2, 0.25) is 0 Å². The fraction of sp³-hybridized carbons (Fsp3) is 0.188. The van der Waals surface area contributed by atoms with Gasteiger partial charge in [0.05, 0.1) is 0 Å². The van der Waals surface area contributed by atoms with Crippen LogP contribution < -0.4 is 4.74 Å². The molecule has 0 fully saturated rings. The first-order valence-corrected chi connectivity index (χ1v) is 6.57. The van der Waals surface area contributed by atoms with Crippen molar-refractivity contribution in [1.82, 2.24) is 4.98 Å². The van der Waals surface area contributed by atoms with Crippen molar-refractivity contribution in [2.75, 3.05) is 0 Å². The van der Waals surface area contributed by atoms with E-state index in [9.17, 15) is 13.2 Å². The number of ether oxygens (including phenoxy) is 1. The Labute approximate surface area is 124 Å². The standard InChI is InChI=1S/C16H12F3NO2/c1-10-7-12-8-13(4-5-14(12)22-10)21-9-11-3-2-6-20-15(11)16(17,18)19/h2-8H,9H2,1H3. The van der Waals surface area contributed by atoms with Gasteiger partial charge in [-0.3, -0.25) is 4.98 Å². The molecular weight excluding hydrogens is 295 g/mol. The highest BCUT2D eigenvalue weighted by Crippen LogP contribution is 2.31. The molecule has 0 spiro atoms. The van der Waals surface area contributed by atoms with Crippen LogP contribution in [0.1, 0.15) is 17.0 Å². The zero-order valence-corrected chi connectivity index (χ0v) is 11.6. The maximum Gasteiger partial charge on any atom is 0.433 e. The lowest BCUT2D eigenvalue weighted by Crippen LogP contribution is -2.13. The fourth-order valence-electron chi connectivity index (χ4n) is 2.22.